The molecule has 5 nitrogen and oxygen atoms in total. The molecule has 2 aromatic rings. The third-order valence-corrected chi connectivity index (χ3v) is 3.19. The topological polar surface area (TPSA) is 72.5 Å². The summed E-state index contributed by atoms with van der Waals surface area (Å²) in [5, 5.41) is 2.39. The van der Waals surface area contributed by atoms with Crippen molar-refractivity contribution in [1.29, 1.82) is 0 Å². The van der Waals surface area contributed by atoms with Gasteiger partial charge in [-0.25, -0.2) is 8.78 Å². The number of ether oxygens (including phenoxy) is 1. The number of amides is 1. The summed E-state index contributed by atoms with van der Waals surface area (Å²) in [6.07, 6.45) is -0.199. The van der Waals surface area contributed by atoms with Crippen LogP contribution in [-0.4, -0.2) is 24.3 Å². The Kier molecular flexibility index (Phi) is 5.94. The second-order valence-electron chi connectivity index (χ2n) is 5.27. The summed E-state index contributed by atoms with van der Waals surface area (Å²) in [5.41, 5.74) is 0.362. The van der Waals surface area contributed by atoms with Crippen LogP contribution in [0.15, 0.2) is 42.5 Å². The molecule has 130 valence electrons. The predicted octanol–water partition coefficient (Wildman–Crippen LogP) is 2.89. The monoisotopic (exact) mass is 347 g/mol. The van der Waals surface area contributed by atoms with Crippen molar-refractivity contribution in [2.24, 2.45) is 0 Å². The molecule has 0 saturated carbocycles. The van der Waals surface area contributed by atoms with E-state index in [9.17, 15) is 23.2 Å². The summed E-state index contributed by atoms with van der Waals surface area (Å²) < 4.78 is 31.8. The summed E-state index contributed by atoms with van der Waals surface area (Å²) in [6.45, 7) is 0.638. The van der Waals surface area contributed by atoms with Crippen LogP contribution >= 0.6 is 0 Å². The van der Waals surface area contributed by atoms with Crippen LogP contribution in [0.2, 0.25) is 0 Å². The van der Waals surface area contributed by atoms with Gasteiger partial charge >= 0.3 is 5.97 Å². The van der Waals surface area contributed by atoms with E-state index in [0.29, 0.717) is 5.56 Å². The normalized spacial score (nSPS) is 10.2. The standard InChI is InChI=1S/C18H15F2NO4/c1-11(22)21-14-5-6-15(16(20)9-14)17(23)10-25-18(24)8-12-3-2-4-13(19)7-12/h2-7,9H,8,10H2,1H3,(H,21,22). The van der Waals surface area contributed by atoms with Gasteiger partial charge in [-0.1, -0.05) is 12.1 Å². The van der Waals surface area contributed by atoms with Crippen LogP contribution in [0.25, 0.3) is 0 Å². The van der Waals surface area contributed by atoms with Gasteiger partial charge in [-0.05, 0) is 35.9 Å². The molecule has 1 N–H and O–H groups in total. The number of Topliss-reactive ketones (excluding diaryl/α,β-unsaturated/α-hetero) is 1. The summed E-state index contributed by atoms with van der Waals surface area (Å²) in [7, 11) is 0. The number of carbonyl (C=O) groups is 3. The van der Waals surface area contributed by atoms with E-state index in [4.69, 9.17) is 4.74 Å². The Morgan fingerprint density at radius 2 is 1.84 bits per heavy atom. The Hall–Kier alpha value is -3.09. The number of esters is 1. The van der Waals surface area contributed by atoms with Gasteiger partial charge in [-0.2, -0.15) is 0 Å². The first-order valence-corrected chi connectivity index (χ1v) is 7.35. The van der Waals surface area contributed by atoms with Crippen molar-refractivity contribution in [1.82, 2.24) is 0 Å². The highest BCUT2D eigenvalue weighted by Crippen LogP contribution is 2.15. The van der Waals surface area contributed by atoms with E-state index >= 15 is 0 Å². The third kappa shape index (κ3) is 5.49. The Morgan fingerprint density at radius 1 is 1.08 bits per heavy atom. The second kappa shape index (κ2) is 8.14. The lowest BCUT2D eigenvalue weighted by molar-refractivity contribution is -0.141. The number of hydrogen-bond acceptors (Lipinski definition) is 4. The molecule has 1 amide bonds. The van der Waals surface area contributed by atoms with Crippen LogP contribution < -0.4 is 5.32 Å². The number of carbonyl (C=O) groups excluding carboxylic acids is 3. The average molecular weight is 347 g/mol. The van der Waals surface area contributed by atoms with E-state index in [1.807, 2.05) is 0 Å². The summed E-state index contributed by atoms with van der Waals surface area (Å²) in [6, 6.07) is 9.00. The van der Waals surface area contributed by atoms with Crippen molar-refractivity contribution < 1.29 is 27.9 Å². The van der Waals surface area contributed by atoms with E-state index in [0.717, 1.165) is 6.07 Å². The molecule has 2 aromatic carbocycles. The van der Waals surface area contributed by atoms with Crippen molar-refractivity contribution in [2.75, 3.05) is 11.9 Å². The maximum atomic E-state index is 13.9. The molecule has 0 radical (unpaired) electrons. The molecule has 0 saturated heterocycles. The fourth-order valence-electron chi connectivity index (χ4n) is 2.11. The molecular weight excluding hydrogens is 332 g/mol. The van der Waals surface area contributed by atoms with Crippen molar-refractivity contribution in [3.8, 4) is 0 Å². The Bertz CT molecular complexity index is 820. The molecule has 0 aliphatic rings. The number of rotatable bonds is 6. The Balaban J connectivity index is 1.93. The summed E-state index contributed by atoms with van der Waals surface area (Å²) in [5.74, 6) is -3.14. The second-order valence-corrected chi connectivity index (χ2v) is 5.27. The quantitative estimate of drug-likeness (QED) is 0.644. The van der Waals surface area contributed by atoms with E-state index in [2.05, 4.69) is 5.32 Å². The molecule has 0 aliphatic heterocycles. The highest BCUT2D eigenvalue weighted by atomic mass is 19.1. The van der Waals surface area contributed by atoms with Crippen LogP contribution in [0.3, 0.4) is 0 Å². The fourth-order valence-corrected chi connectivity index (χ4v) is 2.11. The number of hydrogen-bond donors (Lipinski definition) is 1. The van der Waals surface area contributed by atoms with Crippen LogP contribution in [0.4, 0.5) is 14.5 Å². The zero-order chi connectivity index (χ0) is 18.4. The van der Waals surface area contributed by atoms with Crippen LogP contribution in [0, 0.1) is 11.6 Å². The lowest BCUT2D eigenvalue weighted by Crippen LogP contribution is -2.17. The van der Waals surface area contributed by atoms with Crippen molar-refractivity contribution >= 4 is 23.3 Å². The molecule has 2 rings (SSSR count). The van der Waals surface area contributed by atoms with E-state index in [1.54, 1.807) is 6.07 Å². The molecule has 0 heterocycles. The lowest BCUT2D eigenvalue weighted by Gasteiger charge is -2.07. The van der Waals surface area contributed by atoms with Gasteiger partial charge in [0.2, 0.25) is 11.7 Å². The van der Waals surface area contributed by atoms with Gasteiger partial charge in [0.1, 0.15) is 11.6 Å². The Labute approximate surface area is 142 Å². The first-order chi connectivity index (χ1) is 11.8. The van der Waals surface area contributed by atoms with Gasteiger partial charge < -0.3 is 10.1 Å². The highest BCUT2D eigenvalue weighted by molar-refractivity contribution is 5.99. The van der Waals surface area contributed by atoms with Crippen LogP contribution in [0.1, 0.15) is 22.8 Å². The fraction of sp³-hybridized carbons (Fsp3) is 0.167. The van der Waals surface area contributed by atoms with E-state index in [-0.39, 0.29) is 23.6 Å². The van der Waals surface area contributed by atoms with Gasteiger partial charge in [0.25, 0.3) is 0 Å². The first-order valence-electron chi connectivity index (χ1n) is 7.35. The molecular formula is C18H15F2NO4. The molecule has 7 heteroatoms. The maximum absolute atomic E-state index is 13.9. The molecule has 0 aromatic heterocycles. The molecule has 0 atom stereocenters. The van der Waals surface area contributed by atoms with Gasteiger partial charge in [0.05, 0.1) is 12.0 Å². The van der Waals surface area contributed by atoms with E-state index in [1.165, 1.54) is 37.3 Å². The van der Waals surface area contributed by atoms with Crippen molar-refractivity contribution in [2.45, 2.75) is 13.3 Å². The number of ketones is 1. The number of benzene rings is 2. The zero-order valence-corrected chi connectivity index (χ0v) is 13.3. The summed E-state index contributed by atoms with van der Waals surface area (Å²) in [4.78, 5) is 34.5. The maximum Gasteiger partial charge on any atom is 0.310 e. The highest BCUT2D eigenvalue weighted by Gasteiger charge is 2.15. The molecule has 0 spiro atoms. The van der Waals surface area contributed by atoms with Crippen molar-refractivity contribution in [3.05, 3.63) is 65.2 Å². The minimum atomic E-state index is -0.836. The SMILES string of the molecule is CC(=O)Nc1ccc(C(=O)COC(=O)Cc2cccc(F)c2)c(F)c1. The number of halogens is 2. The molecule has 25 heavy (non-hydrogen) atoms. The number of nitrogens with one attached hydrogen (secondary N) is 1. The molecule has 0 bridgehead atoms. The molecule has 0 unspecified atom stereocenters. The van der Waals surface area contributed by atoms with Gasteiger partial charge in [0.15, 0.2) is 6.61 Å². The largest absolute Gasteiger partial charge is 0.457 e. The van der Waals surface area contributed by atoms with Gasteiger partial charge in [-0.3, -0.25) is 14.4 Å². The van der Waals surface area contributed by atoms with Crippen LogP contribution in [0.5, 0.6) is 0 Å². The van der Waals surface area contributed by atoms with Crippen molar-refractivity contribution in [3.63, 3.8) is 0 Å². The minimum Gasteiger partial charge on any atom is -0.457 e. The number of anilines is 1. The Morgan fingerprint density at radius 3 is 2.48 bits per heavy atom. The van der Waals surface area contributed by atoms with Crippen LogP contribution in [-0.2, 0) is 20.7 Å². The lowest BCUT2D eigenvalue weighted by atomic mass is 10.1. The molecule has 0 aliphatic carbocycles. The van der Waals surface area contributed by atoms with E-state index < -0.39 is 30.0 Å². The van der Waals surface area contributed by atoms with Gasteiger partial charge in [-0.15, -0.1) is 0 Å². The first kappa shape index (κ1) is 18.3. The van der Waals surface area contributed by atoms with Gasteiger partial charge in [0, 0.05) is 12.6 Å². The average Bonchev–Trinajstić information content (AvgIpc) is 2.52. The third-order valence-electron chi connectivity index (χ3n) is 3.19. The minimum absolute atomic E-state index is 0.199. The summed E-state index contributed by atoms with van der Waals surface area (Å²) >= 11 is 0. The smallest absolute Gasteiger partial charge is 0.310 e. The zero-order valence-electron chi connectivity index (χ0n) is 13.3. The predicted molar refractivity (Wildman–Crippen MR) is 86.1 cm³/mol. The molecule has 0 fully saturated rings.